The number of carbonyl (C=O) groups excluding carboxylic acids is 1. The van der Waals surface area contributed by atoms with E-state index >= 15 is 0 Å². The molecule has 1 atom stereocenters. The summed E-state index contributed by atoms with van der Waals surface area (Å²) in [6.45, 7) is 2.11. The summed E-state index contributed by atoms with van der Waals surface area (Å²) in [6.07, 6.45) is 1.54. The van der Waals surface area contributed by atoms with E-state index in [0.717, 1.165) is 28.9 Å². The SMILES string of the molecule is C[C@@H]1CC(=O)c2c(nn(C)c2-c2ccccc2)C1. The molecular weight excluding hydrogens is 224 g/mol. The van der Waals surface area contributed by atoms with Gasteiger partial charge in [-0.3, -0.25) is 9.48 Å². The second kappa shape index (κ2) is 4.09. The lowest BCUT2D eigenvalue weighted by Gasteiger charge is -2.16. The first kappa shape index (κ1) is 11.2. The summed E-state index contributed by atoms with van der Waals surface area (Å²) >= 11 is 0. The number of fused-ring (bicyclic) bond motifs is 1. The minimum absolute atomic E-state index is 0.232. The third kappa shape index (κ3) is 1.67. The van der Waals surface area contributed by atoms with E-state index in [1.807, 2.05) is 42.1 Å². The highest BCUT2D eigenvalue weighted by atomic mass is 16.1. The van der Waals surface area contributed by atoms with Gasteiger partial charge in [0.05, 0.1) is 17.0 Å². The van der Waals surface area contributed by atoms with Crippen molar-refractivity contribution >= 4 is 5.78 Å². The molecule has 1 aliphatic carbocycles. The maximum absolute atomic E-state index is 12.3. The molecule has 0 bridgehead atoms. The minimum atomic E-state index is 0.232. The fourth-order valence-electron chi connectivity index (χ4n) is 2.76. The highest BCUT2D eigenvalue weighted by Gasteiger charge is 2.29. The first-order chi connectivity index (χ1) is 8.66. The maximum atomic E-state index is 12.3. The van der Waals surface area contributed by atoms with Crippen LogP contribution in [0.1, 0.15) is 29.4 Å². The Kier molecular flexibility index (Phi) is 2.54. The number of hydrogen-bond donors (Lipinski definition) is 0. The van der Waals surface area contributed by atoms with Gasteiger partial charge in [-0.2, -0.15) is 5.10 Å². The molecule has 0 N–H and O–H groups in total. The van der Waals surface area contributed by atoms with Crippen LogP contribution in [0.15, 0.2) is 30.3 Å². The molecule has 0 radical (unpaired) electrons. The van der Waals surface area contributed by atoms with Crippen molar-refractivity contribution in [1.29, 1.82) is 0 Å². The number of rotatable bonds is 1. The number of aryl methyl sites for hydroxylation is 1. The lowest BCUT2D eigenvalue weighted by Crippen LogP contribution is -2.17. The van der Waals surface area contributed by atoms with Crippen molar-refractivity contribution in [3.63, 3.8) is 0 Å². The molecule has 1 aromatic carbocycles. The Hall–Kier alpha value is -1.90. The van der Waals surface area contributed by atoms with Crippen molar-refractivity contribution in [3.8, 4) is 11.3 Å². The summed E-state index contributed by atoms with van der Waals surface area (Å²) in [4.78, 5) is 12.3. The molecule has 1 aromatic heterocycles. The Morgan fingerprint density at radius 2 is 1.94 bits per heavy atom. The molecule has 92 valence electrons. The number of hydrogen-bond acceptors (Lipinski definition) is 2. The highest BCUT2D eigenvalue weighted by molar-refractivity contribution is 6.03. The fraction of sp³-hybridized carbons (Fsp3) is 0.333. The van der Waals surface area contributed by atoms with E-state index in [1.54, 1.807) is 0 Å². The zero-order valence-corrected chi connectivity index (χ0v) is 10.7. The average Bonchev–Trinajstić information content (AvgIpc) is 2.66. The topological polar surface area (TPSA) is 34.9 Å². The van der Waals surface area contributed by atoms with Gasteiger partial charge in [-0.25, -0.2) is 0 Å². The van der Waals surface area contributed by atoms with Crippen LogP contribution < -0.4 is 0 Å². The molecule has 3 rings (SSSR count). The largest absolute Gasteiger partial charge is 0.294 e. The van der Waals surface area contributed by atoms with Crippen LogP contribution in [0, 0.1) is 5.92 Å². The molecule has 3 nitrogen and oxygen atoms in total. The summed E-state index contributed by atoms with van der Waals surface area (Å²) in [6, 6.07) is 10.0. The lowest BCUT2D eigenvalue weighted by atomic mass is 9.86. The van der Waals surface area contributed by atoms with Crippen molar-refractivity contribution in [2.45, 2.75) is 19.8 Å². The summed E-state index contributed by atoms with van der Waals surface area (Å²) in [5.74, 6) is 0.638. The van der Waals surface area contributed by atoms with E-state index in [0.29, 0.717) is 12.3 Å². The van der Waals surface area contributed by atoms with Gasteiger partial charge in [0.15, 0.2) is 5.78 Å². The molecule has 0 fully saturated rings. The zero-order valence-electron chi connectivity index (χ0n) is 10.7. The summed E-state index contributed by atoms with van der Waals surface area (Å²) in [5.41, 5.74) is 3.82. The number of ketones is 1. The van der Waals surface area contributed by atoms with Crippen molar-refractivity contribution in [1.82, 2.24) is 9.78 Å². The van der Waals surface area contributed by atoms with E-state index in [9.17, 15) is 4.79 Å². The Morgan fingerprint density at radius 3 is 2.67 bits per heavy atom. The monoisotopic (exact) mass is 240 g/mol. The molecule has 18 heavy (non-hydrogen) atoms. The van der Waals surface area contributed by atoms with Crippen LogP contribution in [0.5, 0.6) is 0 Å². The number of Topliss-reactive ketones (excluding diaryl/α,β-unsaturated/α-hetero) is 1. The number of carbonyl (C=O) groups is 1. The van der Waals surface area contributed by atoms with Gasteiger partial charge in [-0.1, -0.05) is 37.3 Å². The molecule has 0 spiro atoms. The van der Waals surface area contributed by atoms with Crippen LogP contribution in [0.2, 0.25) is 0 Å². The fourth-order valence-corrected chi connectivity index (χ4v) is 2.76. The Labute approximate surface area is 106 Å². The Morgan fingerprint density at radius 1 is 1.22 bits per heavy atom. The third-order valence-corrected chi connectivity index (χ3v) is 3.52. The quantitative estimate of drug-likeness (QED) is 0.768. The maximum Gasteiger partial charge on any atom is 0.167 e. The normalized spacial score (nSPS) is 18.8. The van der Waals surface area contributed by atoms with Gasteiger partial charge in [0.25, 0.3) is 0 Å². The van der Waals surface area contributed by atoms with Gasteiger partial charge < -0.3 is 0 Å². The average molecular weight is 240 g/mol. The molecule has 1 aliphatic rings. The van der Waals surface area contributed by atoms with E-state index in [1.165, 1.54) is 0 Å². The molecule has 2 aromatic rings. The van der Waals surface area contributed by atoms with Crippen LogP contribution in [0.4, 0.5) is 0 Å². The first-order valence-electron chi connectivity index (χ1n) is 6.31. The van der Waals surface area contributed by atoms with Gasteiger partial charge in [-0.15, -0.1) is 0 Å². The second-order valence-corrected chi connectivity index (χ2v) is 5.10. The van der Waals surface area contributed by atoms with E-state index in [-0.39, 0.29) is 5.78 Å². The zero-order chi connectivity index (χ0) is 12.7. The molecule has 1 heterocycles. The van der Waals surface area contributed by atoms with Gasteiger partial charge >= 0.3 is 0 Å². The van der Waals surface area contributed by atoms with Gasteiger partial charge in [-0.05, 0) is 12.3 Å². The molecule has 3 heteroatoms. The van der Waals surface area contributed by atoms with Crippen LogP contribution in [0.25, 0.3) is 11.3 Å². The molecule has 0 saturated heterocycles. The number of aromatic nitrogens is 2. The van der Waals surface area contributed by atoms with Crippen LogP contribution in [-0.2, 0) is 13.5 Å². The molecule has 0 amide bonds. The predicted octanol–water partition coefficient (Wildman–Crippen LogP) is 2.85. The number of benzene rings is 1. The molecule has 0 aliphatic heterocycles. The van der Waals surface area contributed by atoms with Crippen molar-refractivity contribution < 1.29 is 4.79 Å². The van der Waals surface area contributed by atoms with E-state index < -0.39 is 0 Å². The molecule has 0 saturated carbocycles. The van der Waals surface area contributed by atoms with Crippen molar-refractivity contribution in [2.24, 2.45) is 13.0 Å². The highest BCUT2D eigenvalue weighted by Crippen LogP contribution is 2.32. The minimum Gasteiger partial charge on any atom is -0.294 e. The van der Waals surface area contributed by atoms with Crippen molar-refractivity contribution in [2.75, 3.05) is 0 Å². The van der Waals surface area contributed by atoms with Gasteiger partial charge in [0.2, 0.25) is 0 Å². The standard InChI is InChI=1S/C15H16N2O/c1-10-8-12-14(13(18)9-10)15(17(2)16-12)11-6-4-3-5-7-11/h3-7,10H,8-9H2,1-2H3/t10-/m0/s1. The first-order valence-corrected chi connectivity index (χ1v) is 6.31. The Bertz CT molecular complexity index is 598. The van der Waals surface area contributed by atoms with Gasteiger partial charge in [0, 0.05) is 19.0 Å². The smallest absolute Gasteiger partial charge is 0.167 e. The molecular formula is C15H16N2O. The lowest BCUT2D eigenvalue weighted by molar-refractivity contribution is 0.0954. The number of nitrogens with zero attached hydrogens (tertiary/aromatic N) is 2. The van der Waals surface area contributed by atoms with Crippen molar-refractivity contribution in [3.05, 3.63) is 41.6 Å². The van der Waals surface area contributed by atoms with Gasteiger partial charge in [0.1, 0.15) is 0 Å². The van der Waals surface area contributed by atoms with Crippen LogP contribution in [0.3, 0.4) is 0 Å². The second-order valence-electron chi connectivity index (χ2n) is 5.10. The summed E-state index contributed by atoms with van der Waals surface area (Å²) < 4.78 is 1.84. The predicted molar refractivity (Wildman–Crippen MR) is 70.5 cm³/mol. The molecule has 0 unspecified atom stereocenters. The van der Waals surface area contributed by atoms with E-state index in [2.05, 4.69) is 12.0 Å². The summed E-state index contributed by atoms with van der Waals surface area (Å²) in [5, 5.41) is 4.52. The van der Waals surface area contributed by atoms with E-state index in [4.69, 9.17) is 0 Å². The summed E-state index contributed by atoms with van der Waals surface area (Å²) in [7, 11) is 1.92. The third-order valence-electron chi connectivity index (χ3n) is 3.52. The van der Waals surface area contributed by atoms with Crippen LogP contribution in [-0.4, -0.2) is 15.6 Å². The Balaban J connectivity index is 2.20. The van der Waals surface area contributed by atoms with Crippen LogP contribution >= 0.6 is 0 Å².